The molecular weight excluding hydrogens is 248 g/mol. The predicted octanol–water partition coefficient (Wildman–Crippen LogP) is 2.18. The molecule has 6 nitrogen and oxygen atoms in total. The van der Waals surface area contributed by atoms with Crippen molar-refractivity contribution in [3.05, 3.63) is 28.0 Å². The number of amides is 1. The van der Waals surface area contributed by atoms with Crippen LogP contribution in [0.3, 0.4) is 0 Å². The van der Waals surface area contributed by atoms with Crippen molar-refractivity contribution in [2.45, 2.75) is 19.9 Å². The number of rotatable bonds is 5. The fourth-order valence-corrected chi connectivity index (χ4v) is 1.60. The summed E-state index contributed by atoms with van der Waals surface area (Å²) < 4.78 is 4.78. The maximum absolute atomic E-state index is 11.7. The quantitative estimate of drug-likeness (QED) is 0.499. The van der Waals surface area contributed by atoms with Crippen molar-refractivity contribution in [1.82, 2.24) is 5.32 Å². The number of hydrogen-bond acceptors (Lipinski definition) is 4. The number of carbonyl (C=O) groups excluding carboxylic acids is 1. The molecule has 0 radical (unpaired) electrons. The number of nitrogens with one attached hydrogen (secondary N) is 1. The lowest BCUT2D eigenvalue weighted by Gasteiger charge is -2.18. The lowest BCUT2D eigenvalue weighted by atomic mass is 10.1. The number of nitrogens with zero attached hydrogens (tertiary/aromatic N) is 1. The number of nitro groups is 1. The first kappa shape index (κ1) is 13.5. The number of furan rings is 1. The van der Waals surface area contributed by atoms with E-state index in [-0.39, 0.29) is 23.6 Å². The van der Waals surface area contributed by atoms with Gasteiger partial charge in [-0.1, -0.05) is 13.8 Å². The molecular formula is C10H13ClN2O4. The summed E-state index contributed by atoms with van der Waals surface area (Å²) in [5.41, 5.74) is 0. The molecule has 17 heavy (non-hydrogen) atoms. The van der Waals surface area contributed by atoms with Gasteiger partial charge < -0.3 is 9.73 Å². The highest BCUT2D eigenvalue weighted by molar-refractivity contribution is 6.18. The van der Waals surface area contributed by atoms with Crippen molar-refractivity contribution in [3.63, 3.8) is 0 Å². The summed E-state index contributed by atoms with van der Waals surface area (Å²) in [6.07, 6.45) is 0. The summed E-state index contributed by atoms with van der Waals surface area (Å²) in [6, 6.07) is 2.20. The molecule has 1 rings (SSSR count). The zero-order valence-corrected chi connectivity index (χ0v) is 10.2. The molecule has 0 bridgehead atoms. The Bertz CT molecular complexity index is 416. The topological polar surface area (TPSA) is 85.4 Å². The fraction of sp³-hybridized carbons (Fsp3) is 0.500. The largest absolute Gasteiger partial charge is 0.433 e. The summed E-state index contributed by atoms with van der Waals surface area (Å²) in [6.45, 7) is 3.83. The van der Waals surface area contributed by atoms with Gasteiger partial charge in [-0.25, -0.2) is 0 Å². The molecule has 0 aliphatic heterocycles. The van der Waals surface area contributed by atoms with Crippen molar-refractivity contribution in [2.75, 3.05) is 5.88 Å². The van der Waals surface area contributed by atoms with Crippen LogP contribution in [0.4, 0.5) is 5.88 Å². The van der Waals surface area contributed by atoms with E-state index in [2.05, 4.69) is 5.32 Å². The molecule has 1 amide bonds. The Hall–Kier alpha value is -1.56. The number of alkyl halides is 1. The van der Waals surface area contributed by atoms with Crippen LogP contribution in [0.1, 0.15) is 24.4 Å². The minimum absolute atomic E-state index is 0.0903. The Labute approximate surface area is 103 Å². The summed E-state index contributed by atoms with van der Waals surface area (Å²) in [4.78, 5) is 21.4. The smallest absolute Gasteiger partial charge is 0.395 e. The van der Waals surface area contributed by atoms with Gasteiger partial charge in [-0.05, 0) is 12.0 Å². The van der Waals surface area contributed by atoms with Gasteiger partial charge in [0.2, 0.25) is 0 Å². The lowest BCUT2D eigenvalue weighted by molar-refractivity contribution is -0.402. The lowest BCUT2D eigenvalue weighted by Crippen LogP contribution is -2.39. The van der Waals surface area contributed by atoms with Crippen LogP contribution in [-0.4, -0.2) is 22.8 Å². The maximum Gasteiger partial charge on any atom is 0.433 e. The summed E-state index contributed by atoms with van der Waals surface area (Å²) in [5.74, 6) is -0.611. The molecule has 94 valence electrons. The van der Waals surface area contributed by atoms with E-state index in [1.807, 2.05) is 13.8 Å². The summed E-state index contributed by atoms with van der Waals surface area (Å²) in [7, 11) is 0. The highest BCUT2D eigenvalue weighted by atomic mass is 35.5. The van der Waals surface area contributed by atoms with Crippen molar-refractivity contribution in [1.29, 1.82) is 0 Å². The van der Waals surface area contributed by atoms with E-state index in [0.29, 0.717) is 0 Å². The van der Waals surface area contributed by atoms with E-state index in [0.717, 1.165) is 6.07 Å². The first-order valence-corrected chi connectivity index (χ1v) is 5.60. The molecule has 0 spiro atoms. The van der Waals surface area contributed by atoms with Gasteiger partial charge in [-0.2, -0.15) is 0 Å². The minimum Gasteiger partial charge on any atom is -0.395 e. The van der Waals surface area contributed by atoms with Crippen LogP contribution in [0, 0.1) is 16.0 Å². The monoisotopic (exact) mass is 260 g/mol. The molecule has 0 fully saturated rings. The zero-order chi connectivity index (χ0) is 13.0. The third kappa shape index (κ3) is 3.45. The van der Waals surface area contributed by atoms with E-state index in [1.165, 1.54) is 6.07 Å². The van der Waals surface area contributed by atoms with E-state index >= 15 is 0 Å². The molecule has 1 atom stereocenters. The van der Waals surface area contributed by atoms with Crippen LogP contribution in [0.25, 0.3) is 0 Å². The highest BCUT2D eigenvalue weighted by Crippen LogP contribution is 2.16. The Morgan fingerprint density at radius 2 is 2.24 bits per heavy atom. The van der Waals surface area contributed by atoms with Crippen molar-refractivity contribution >= 4 is 23.4 Å². The van der Waals surface area contributed by atoms with Crippen LogP contribution in [0.5, 0.6) is 0 Å². The first-order valence-electron chi connectivity index (χ1n) is 5.06. The standard InChI is InChI=1S/C10H13ClN2O4/c1-6(2)7(5-11)12-10(14)8-3-4-9(17-8)13(15)16/h3-4,6-7H,5H2,1-2H3,(H,12,14). The normalized spacial score (nSPS) is 12.5. The van der Waals surface area contributed by atoms with Gasteiger partial charge in [0.25, 0.3) is 5.91 Å². The molecule has 0 saturated carbocycles. The molecule has 0 aliphatic carbocycles. The van der Waals surface area contributed by atoms with E-state index < -0.39 is 16.7 Å². The highest BCUT2D eigenvalue weighted by Gasteiger charge is 2.21. The molecule has 1 N–H and O–H groups in total. The van der Waals surface area contributed by atoms with E-state index in [1.54, 1.807) is 0 Å². The number of hydrogen-bond donors (Lipinski definition) is 1. The molecule has 1 aromatic rings. The van der Waals surface area contributed by atoms with Crippen LogP contribution < -0.4 is 5.32 Å². The zero-order valence-electron chi connectivity index (χ0n) is 9.47. The Kier molecular flexibility index (Phi) is 4.51. The number of halogens is 1. The van der Waals surface area contributed by atoms with Gasteiger partial charge in [0.15, 0.2) is 5.76 Å². The van der Waals surface area contributed by atoms with Gasteiger partial charge >= 0.3 is 5.88 Å². The average Bonchev–Trinajstić information content (AvgIpc) is 2.74. The maximum atomic E-state index is 11.7. The molecule has 7 heteroatoms. The summed E-state index contributed by atoms with van der Waals surface area (Å²) >= 11 is 5.70. The van der Waals surface area contributed by atoms with Crippen molar-refractivity contribution < 1.29 is 14.1 Å². The average molecular weight is 261 g/mol. The van der Waals surface area contributed by atoms with Gasteiger partial charge in [-0.3, -0.25) is 14.9 Å². The van der Waals surface area contributed by atoms with Gasteiger partial charge in [0.1, 0.15) is 4.92 Å². The summed E-state index contributed by atoms with van der Waals surface area (Å²) in [5, 5.41) is 13.0. The third-order valence-corrected chi connectivity index (χ3v) is 2.62. The first-order chi connectivity index (χ1) is 7.95. The molecule has 1 heterocycles. The second kappa shape index (κ2) is 5.67. The fourth-order valence-electron chi connectivity index (χ4n) is 1.17. The van der Waals surface area contributed by atoms with Crippen LogP contribution in [0.15, 0.2) is 16.5 Å². The minimum atomic E-state index is -0.696. The van der Waals surface area contributed by atoms with Crippen molar-refractivity contribution in [2.24, 2.45) is 5.92 Å². The predicted molar refractivity (Wildman–Crippen MR) is 62.2 cm³/mol. The molecule has 1 unspecified atom stereocenters. The SMILES string of the molecule is CC(C)C(CCl)NC(=O)c1ccc([N+](=O)[O-])o1. The van der Waals surface area contributed by atoms with Gasteiger partial charge in [-0.15, -0.1) is 11.6 Å². The Morgan fingerprint density at radius 1 is 1.59 bits per heavy atom. The van der Waals surface area contributed by atoms with Crippen LogP contribution in [-0.2, 0) is 0 Å². The molecule has 1 aromatic heterocycles. The molecule has 0 aromatic carbocycles. The molecule has 0 aliphatic rings. The van der Waals surface area contributed by atoms with Gasteiger partial charge in [0, 0.05) is 11.9 Å². The van der Waals surface area contributed by atoms with Crippen LogP contribution in [0.2, 0.25) is 0 Å². The second-order valence-corrected chi connectivity index (χ2v) is 4.18. The van der Waals surface area contributed by atoms with Crippen molar-refractivity contribution in [3.8, 4) is 0 Å². The van der Waals surface area contributed by atoms with E-state index in [9.17, 15) is 14.9 Å². The van der Waals surface area contributed by atoms with Crippen LogP contribution >= 0.6 is 11.6 Å². The third-order valence-electron chi connectivity index (χ3n) is 2.28. The second-order valence-electron chi connectivity index (χ2n) is 3.87. The Balaban J connectivity index is 2.72. The molecule has 0 saturated heterocycles. The number of carbonyl (C=O) groups is 1. The Morgan fingerprint density at radius 3 is 2.65 bits per heavy atom. The van der Waals surface area contributed by atoms with Gasteiger partial charge in [0.05, 0.1) is 6.07 Å². The van der Waals surface area contributed by atoms with E-state index in [4.69, 9.17) is 16.0 Å².